The van der Waals surface area contributed by atoms with Gasteiger partial charge in [-0.05, 0) is 48.4 Å². The largest absolute Gasteiger partial charge is 0.345 e. The summed E-state index contributed by atoms with van der Waals surface area (Å²) in [6.45, 7) is 2.73. The molecule has 2 aliphatic rings. The standard InChI is InChI=1S/C22H25N5O2/c1-25-14-18(13-23)12-19(25)21(29)26-10-6-22(7-11-26)5-2-20(28)27(16-22)15-17-3-8-24-9-4-17/h3-4,8-9,12,14H,2,5-7,10-11,15-16H2,1H3. The minimum absolute atomic E-state index is 0.0237. The van der Waals surface area contributed by atoms with Crippen LogP contribution in [0.25, 0.3) is 0 Å². The van der Waals surface area contributed by atoms with Crippen molar-refractivity contribution in [2.24, 2.45) is 12.5 Å². The lowest BCUT2D eigenvalue weighted by Crippen LogP contribution is -2.52. The number of pyridine rings is 1. The lowest BCUT2D eigenvalue weighted by molar-refractivity contribution is -0.139. The monoisotopic (exact) mass is 391 g/mol. The van der Waals surface area contributed by atoms with Crippen molar-refractivity contribution in [3.8, 4) is 6.07 Å². The third-order valence-corrected chi connectivity index (χ3v) is 6.34. The molecule has 7 heteroatoms. The molecule has 4 heterocycles. The molecule has 0 aliphatic carbocycles. The number of nitrogens with zero attached hydrogens (tertiary/aromatic N) is 5. The Morgan fingerprint density at radius 3 is 2.62 bits per heavy atom. The summed E-state index contributed by atoms with van der Waals surface area (Å²) in [6, 6.07) is 7.64. The molecule has 0 aromatic carbocycles. The van der Waals surface area contributed by atoms with E-state index in [0.29, 0.717) is 37.3 Å². The van der Waals surface area contributed by atoms with Gasteiger partial charge >= 0.3 is 0 Å². The molecular weight excluding hydrogens is 366 g/mol. The van der Waals surface area contributed by atoms with Crippen LogP contribution in [0.15, 0.2) is 36.8 Å². The Hall–Kier alpha value is -3.14. The van der Waals surface area contributed by atoms with Crippen molar-refractivity contribution in [2.75, 3.05) is 19.6 Å². The molecule has 2 fully saturated rings. The smallest absolute Gasteiger partial charge is 0.270 e. The van der Waals surface area contributed by atoms with Crippen molar-refractivity contribution in [3.63, 3.8) is 0 Å². The molecule has 0 N–H and O–H groups in total. The second-order valence-corrected chi connectivity index (χ2v) is 8.23. The normalized spacial score (nSPS) is 18.7. The first-order valence-electron chi connectivity index (χ1n) is 10.0. The van der Waals surface area contributed by atoms with E-state index < -0.39 is 0 Å². The Bertz CT molecular complexity index is 951. The highest BCUT2D eigenvalue weighted by molar-refractivity contribution is 5.93. The quantitative estimate of drug-likeness (QED) is 0.804. The highest BCUT2D eigenvalue weighted by Gasteiger charge is 2.42. The molecule has 4 rings (SSSR count). The van der Waals surface area contributed by atoms with E-state index in [4.69, 9.17) is 5.26 Å². The summed E-state index contributed by atoms with van der Waals surface area (Å²) in [6.07, 6.45) is 8.45. The first-order valence-corrected chi connectivity index (χ1v) is 10.0. The van der Waals surface area contributed by atoms with Crippen LogP contribution in [-0.4, -0.2) is 50.8 Å². The fourth-order valence-corrected chi connectivity index (χ4v) is 4.55. The van der Waals surface area contributed by atoms with Crippen molar-refractivity contribution < 1.29 is 9.59 Å². The highest BCUT2D eigenvalue weighted by atomic mass is 16.2. The predicted molar refractivity (Wildman–Crippen MR) is 107 cm³/mol. The lowest BCUT2D eigenvalue weighted by atomic mass is 9.72. The van der Waals surface area contributed by atoms with Gasteiger partial charge in [0.05, 0.1) is 5.56 Å². The average Bonchev–Trinajstić information content (AvgIpc) is 3.12. The molecule has 1 spiro atoms. The van der Waals surface area contributed by atoms with Crippen molar-refractivity contribution in [3.05, 3.63) is 53.6 Å². The molecule has 7 nitrogen and oxygen atoms in total. The molecule has 0 bridgehead atoms. The van der Waals surface area contributed by atoms with Gasteiger partial charge in [-0.25, -0.2) is 0 Å². The number of piperidine rings is 2. The third-order valence-electron chi connectivity index (χ3n) is 6.34. The maximum Gasteiger partial charge on any atom is 0.270 e. The summed E-state index contributed by atoms with van der Waals surface area (Å²) in [5, 5.41) is 9.06. The van der Waals surface area contributed by atoms with E-state index in [1.807, 2.05) is 21.9 Å². The van der Waals surface area contributed by atoms with Gasteiger partial charge < -0.3 is 14.4 Å². The minimum Gasteiger partial charge on any atom is -0.345 e. The van der Waals surface area contributed by atoms with Crippen LogP contribution in [0.3, 0.4) is 0 Å². The van der Waals surface area contributed by atoms with Gasteiger partial charge in [0.2, 0.25) is 5.91 Å². The highest BCUT2D eigenvalue weighted by Crippen LogP contribution is 2.40. The average molecular weight is 391 g/mol. The topological polar surface area (TPSA) is 82.2 Å². The van der Waals surface area contributed by atoms with E-state index in [1.54, 1.807) is 36.3 Å². The van der Waals surface area contributed by atoms with Crippen molar-refractivity contribution in [2.45, 2.75) is 32.2 Å². The van der Waals surface area contributed by atoms with E-state index in [1.165, 1.54) is 0 Å². The first-order chi connectivity index (χ1) is 14.0. The van der Waals surface area contributed by atoms with E-state index in [-0.39, 0.29) is 17.2 Å². The van der Waals surface area contributed by atoms with Crippen LogP contribution in [-0.2, 0) is 18.4 Å². The van der Waals surface area contributed by atoms with Crippen LogP contribution >= 0.6 is 0 Å². The molecule has 0 atom stereocenters. The number of rotatable bonds is 3. The summed E-state index contributed by atoms with van der Waals surface area (Å²) >= 11 is 0. The Morgan fingerprint density at radius 1 is 1.24 bits per heavy atom. The van der Waals surface area contributed by atoms with Gasteiger partial charge in [0, 0.05) is 58.2 Å². The number of carbonyl (C=O) groups is 2. The van der Waals surface area contributed by atoms with E-state index >= 15 is 0 Å². The van der Waals surface area contributed by atoms with Crippen LogP contribution < -0.4 is 0 Å². The molecule has 2 aliphatic heterocycles. The number of likely N-dealkylation sites (tertiary alicyclic amines) is 2. The molecule has 0 radical (unpaired) electrons. The number of amides is 2. The number of carbonyl (C=O) groups excluding carboxylic acids is 2. The number of aromatic nitrogens is 2. The van der Waals surface area contributed by atoms with Crippen molar-refractivity contribution in [1.82, 2.24) is 19.4 Å². The maximum absolute atomic E-state index is 12.9. The summed E-state index contributed by atoms with van der Waals surface area (Å²) in [7, 11) is 1.79. The SMILES string of the molecule is Cn1cc(C#N)cc1C(=O)N1CCC2(CCC(=O)N(Cc3ccncc3)C2)CC1. The molecule has 2 aromatic rings. The number of nitriles is 1. The van der Waals surface area contributed by atoms with E-state index in [0.717, 1.165) is 31.4 Å². The van der Waals surface area contributed by atoms with Gasteiger partial charge in [-0.1, -0.05) is 0 Å². The van der Waals surface area contributed by atoms with Gasteiger partial charge in [-0.3, -0.25) is 14.6 Å². The van der Waals surface area contributed by atoms with E-state index in [2.05, 4.69) is 11.1 Å². The fourth-order valence-electron chi connectivity index (χ4n) is 4.55. The van der Waals surface area contributed by atoms with Gasteiger partial charge in [-0.2, -0.15) is 5.26 Å². The van der Waals surface area contributed by atoms with Crippen LogP contribution in [0.5, 0.6) is 0 Å². The molecule has 2 aromatic heterocycles. The summed E-state index contributed by atoms with van der Waals surface area (Å²) in [5.41, 5.74) is 2.23. The molecular formula is C22H25N5O2. The van der Waals surface area contributed by atoms with Gasteiger partial charge in [-0.15, -0.1) is 0 Å². The van der Waals surface area contributed by atoms with Gasteiger partial charge in [0.15, 0.2) is 0 Å². The van der Waals surface area contributed by atoms with Gasteiger partial charge in [0.25, 0.3) is 5.91 Å². The molecule has 150 valence electrons. The van der Waals surface area contributed by atoms with Crippen molar-refractivity contribution in [1.29, 1.82) is 5.26 Å². The fraction of sp³-hybridized carbons (Fsp3) is 0.455. The maximum atomic E-state index is 12.9. The zero-order valence-electron chi connectivity index (χ0n) is 16.7. The zero-order valence-corrected chi connectivity index (χ0v) is 16.7. The Morgan fingerprint density at radius 2 is 1.97 bits per heavy atom. The first kappa shape index (κ1) is 19.2. The number of aryl methyl sites for hydroxylation is 1. The van der Waals surface area contributed by atoms with Crippen LogP contribution in [0.1, 0.15) is 47.3 Å². The minimum atomic E-state index is -0.0237. The second kappa shape index (κ2) is 7.70. The Kier molecular flexibility index (Phi) is 5.10. The number of hydrogen-bond donors (Lipinski definition) is 0. The molecule has 0 unspecified atom stereocenters. The van der Waals surface area contributed by atoms with Crippen LogP contribution in [0.4, 0.5) is 0 Å². The Balaban J connectivity index is 1.41. The van der Waals surface area contributed by atoms with Crippen molar-refractivity contribution >= 4 is 11.8 Å². The zero-order chi connectivity index (χ0) is 20.4. The van der Waals surface area contributed by atoms with Crippen LogP contribution in [0, 0.1) is 16.7 Å². The molecule has 2 amide bonds. The number of hydrogen-bond acceptors (Lipinski definition) is 4. The van der Waals surface area contributed by atoms with E-state index in [9.17, 15) is 9.59 Å². The molecule has 29 heavy (non-hydrogen) atoms. The summed E-state index contributed by atoms with van der Waals surface area (Å²) < 4.78 is 1.72. The third kappa shape index (κ3) is 3.88. The van der Waals surface area contributed by atoms with Gasteiger partial charge in [0.1, 0.15) is 11.8 Å². The predicted octanol–water partition coefficient (Wildman–Crippen LogP) is 2.34. The van der Waals surface area contributed by atoms with Crippen LogP contribution in [0.2, 0.25) is 0 Å². The second-order valence-electron chi connectivity index (χ2n) is 8.23. The molecule has 2 saturated heterocycles. The summed E-state index contributed by atoms with van der Waals surface area (Å²) in [4.78, 5) is 33.3. The molecule has 0 saturated carbocycles. The Labute approximate surface area is 170 Å². The lowest BCUT2D eigenvalue weighted by Gasteiger charge is -2.47. The summed E-state index contributed by atoms with van der Waals surface area (Å²) in [5.74, 6) is 0.183.